The Balaban J connectivity index is 3.69. The van der Waals surface area contributed by atoms with Crippen LogP contribution in [0.3, 0.4) is 0 Å². The van der Waals surface area contributed by atoms with E-state index in [1.807, 2.05) is 0 Å². The van der Waals surface area contributed by atoms with E-state index >= 15 is 0 Å². The van der Waals surface area contributed by atoms with Gasteiger partial charge in [-0.15, -0.1) is 9.24 Å². The molecule has 0 fully saturated rings. The van der Waals surface area contributed by atoms with E-state index in [-0.39, 0.29) is 0 Å². The summed E-state index contributed by atoms with van der Waals surface area (Å²) in [6.45, 7) is 14.2. The summed E-state index contributed by atoms with van der Waals surface area (Å²) in [5, 5.41) is 0. The van der Waals surface area contributed by atoms with E-state index in [0.29, 0.717) is 0 Å². The van der Waals surface area contributed by atoms with Crippen LogP contribution in [0, 0.1) is 23.7 Å². The Kier molecular flexibility index (Phi) is 8.74. The van der Waals surface area contributed by atoms with Crippen molar-refractivity contribution < 1.29 is 0 Å². The van der Waals surface area contributed by atoms with Gasteiger partial charge in [0.2, 0.25) is 0 Å². The zero-order valence-corrected chi connectivity index (χ0v) is 13.4. The Bertz CT molecular complexity index is 163. The first-order valence-corrected chi connectivity index (χ1v) is 7.75. The minimum atomic E-state index is 0.775. The summed E-state index contributed by atoms with van der Waals surface area (Å²) in [6.07, 6.45) is 5.58. The zero-order valence-electron chi connectivity index (χ0n) is 12.3. The van der Waals surface area contributed by atoms with Crippen molar-refractivity contribution in [1.82, 2.24) is 0 Å². The molecule has 0 saturated carbocycles. The summed E-state index contributed by atoms with van der Waals surface area (Å²) in [7, 11) is 2.92. The summed E-state index contributed by atoms with van der Waals surface area (Å²) in [6, 6.07) is 0. The predicted octanol–water partition coefficient (Wildman–Crippen LogP) is 5.37. The second-order valence-corrected chi connectivity index (χ2v) is 7.60. The quantitative estimate of drug-likeness (QED) is 0.503. The van der Waals surface area contributed by atoms with Crippen LogP contribution in [-0.4, -0.2) is 5.66 Å². The van der Waals surface area contributed by atoms with Crippen LogP contribution in [0.1, 0.15) is 67.2 Å². The molecule has 0 rings (SSSR count). The van der Waals surface area contributed by atoms with Gasteiger partial charge in [-0.05, 0) is 42.2 Å². The molecule has 0 N–H and O–H groups in total. The Morgan fingerprint density at radius 3 is 1.75 bits per heavy atom. The molecular formula is C15H33P. The summed E-state index contributed by atoms with van der Waals surface area (Å²) in [5.41, 5.74) is 0.775. The molecule has 98 valence electrons. The fourth-order valence-corrected chi connectivity index (χ4v) is 2.88. The Morgan fingerprint density at radius 2 is 1.31 bits per heavy atom. The maximum absolute atomic E-state index is 2.92. The lowest BCUT2D eigenvalue weighted by molar-refractivity contribution is 0.316. The van der Waals surface area contributed by atoms with E-state index in [0.717, 1.165) is 29.3 Å². The van der Waals surface area contributed by atoms with Crippen molar-refractivity contribution in [3.63, 3.8) is 0 Å². The topological polar surface area (TPSA) is 0 Å². The Hall–Kier alpha value is 0.430. The van der Waals surface area contributed by atoms with Gasteiger partial charge in [0, 0.05) is 0 Å². The SMILES string of the molecule is CC(C)[C@@H](C)CC[C@@H](C)C[C@@H](C)C[C@@H](C)P. The van der Waals surface area contributed by atoms with Crippen LogP contribution in [-0.2, 0) is 0 Å². The number of hydrogen-bond acceptors (Lipinski definition) is 0. The first-order chi connectivity index (χ1) is 7.32. The number of rotatable bonds is 8. The van der Waals surface area contributed by atoms with Crippen LogP contribution in [0.5, 0.6) is 0 Å². The smallest absolute Gasteiger partial charge is 0.0290 e. The van der Waals surface area contributed by atoms with Crippen molar-refractivity contribution in [1.29, 1.82) is 0 Å². The largest absolute Gasteiger partial charge is 0.135 e. The summed E-state index contributed by atoms with van der Waals surface area (Å²) < 4.78 is 0. The van der Waals surface area contributed by atoms with E-state index in [2.05, 4.69) is 50.8 Å². The molecule has 0 bridgehead atoms. The van der Waals surface area contributed by atoms with Gasteiger partial charge in [0.15, 0.2) is 0 Å². The zero-order chi connectivity index (χ0) is 12.7. The Labute approximate surface area is 106 Å². The highest BCUT2D eigenvalue weighted by molar-refractivity contribution is 7.17. The van der Waals surface area contributed by atoms with E-state index < -0.39 is 0 Å². The molecule has 0 aromatic heterocycles. The third-order valence-electron chi connectivity index (χ3n) is 3.83. The molecule has 0 aliphatic rings. The highest BCUT2D eigenvalue weighted by Crippen LogP contribution is 2.25. The molecule has 0 aliphatic heterocycles. The van der Waals surface area contributed by atoms with Crippen molar-refractivity contribution >= 4 is 9.24 Å². The minimum Gasteiger partial charge on any atom is -0.135 e. The average Bonchev–Trinajstić information content (AvgIpc) is 2.12. The van der Waals surface area contributed by atoms with Crippen LogP contribution in [0.15, 0.2) is 0 Å². The lowest BCUT2D eigenvalue weighted by Gasteiger charge is -2.21. The van der Waals surface area contributed by atoms with E-state index in [9.17, 15) is 0 Å². The van der Waals surface area contributed by atoms with Crippen molar-refractivity contribution in [2.75, 3.05) is 0 Å². The van der Waals surface area contributed by atoms with Crippen molar-refractivity contribution in [2.24, 2.45) is 23.7 Å². The van der Waals surface area contributed by atoms with Gasteiger partial charge < -0.3 is 0 Å². The van der Waals surface area contributed by atoms with Crippen LogP contribution in [0.4, 0.5) is 0 Å². The molecule has 1 unspecified atom stereocenters. The summed E-state index contributed by atoms with van der Waals surface area (Å²) in [4.78, 5) is 0. The molecule has 0 radical (unpaired) electrons. The van der Waals surface area contributed by atoms with Crippen LogP contribution >= 0.6 is 9.24 Å². The molecule has 0 aromatic rings. The van der Waals surface area contributed by atoms with Crippen molar-refractivity contribution in [2.45, 2.75) is 72.9 Å². The first kappa shape index (κ1) is 16.4. The molecular weight excluding hydrogens is 211 g/mol. The second-order valence-electron chi connectivity index (χ2n) is 6.46. The maximum atomic E-state index is 2.92. The van der Waals surface area contributed by atoms with Gasteiger partial charge in [-0.2, -0.15) is 0 Å². The molecule has 0 aromatic carbocycles. The maximum Gasteiger partial charge on any atom is -0.0290 e. The van der Waals surface area contributed by atoms with Crippen molar-refractivity contribution in [3.05, 3.63) is 0 Å². The van der Waals surface area contributed by atoms with Gasteiger partial charge in [-0.25, -0.2) is 0 Å². The van der Waals surface area contributed by atoms with Crippen molar-refractivity contribution in [3.8, 4) is 0 Å². The Morgan fingerprint density at radius 1 is 0.750 bits per heavy atom. The molecule has 0 spiro atoms. The average molecular weight is 244 g/mol. The van der Waals surface area contributed by atoms with E-state index in [1.54, 1.807) is 0 Å². The highest BCUT2D eigenvalue weighted by atomic mass is 31.0. The third kappa shape index (κ3) is 8.57. The molecule has 1 heteroatoms. The van der Waals surface area contributed by atoms with E-state index in [4.69, 9.17) is 0 Å². The summed E-state index contributed by atoms with van der Waals surface area (Å²) in [5.74, 6) is 3.52. The summed E-state index contributed by atoms with van der Waals surface area (Å²) >= 11 is 0. The highest BCUT2D eigenvalue weighted by Gasteiger charge is 2.13. The molecule has 16 heavy (non-hydrogen) atoms. The minimum absolute atomic E-state index is 0.775. The van der Waals surface area contributed by atoms with Gasteiger partial charge in [0.1, 0.15) is 0 Å². The van der Waals surface area contributed by atoms with Crippen LogP contribution in [0.2, 0.25) is 0 Å². The second kappa shape index (κ2) is 8.51. The normalized spacial score (nSPS) is 19.5. The molecule has 0 amide bonds. The number of hydrogen-bond donors (Lipinski definition) is 0. The van der Waals surface area contributed by atoms with Gasteiger partial charge in [0.25, 0.3) is 0 Å². The molecule has 0 aliphatic carbocycles. The molecule has 0 saturated heterocycles. The van der Waals surface area contributed by atoms with E-state index in [1.165, 1.54) is 25.7 Å². The standard InChI is InChI=1S/C15H33P/c1-11(2)14(5)8-7-12(3)9-13(4)10-15(6)16/h11-15H,7-10,16H2,1-6H3/t12-,13-,14+,15-/m1/s1. The lowest BCUT2D eigenvalue weighted by Crippen LogP contribution is -2.10. The van der Waals surface area contributed by atoms with Crippen LogP contribution in [0.25, 0.3) is 0 Å². The fourth-order valence-electron chi connectivity index (χ4n) is 2.42. The fraction of sp³-hybridized carbons (Fsp3) is 1.00. The van der Waals surface area contributed by atoms with Gasteiger partial charge in [-0.1, -0.05) is 54.4 Å². The van der Waals surface area contributed by atoms with Gasteiger partial charge in [0.05, 0.1) is 0 Å². The predicted molar refractivity (Wildman–Crippen MR) is 80.0 cm³/mol. The van der Waals surface area contributed by atoms with Crippen LogP contribution < -0.4 is 0 Å². The molecule has 5 atom stereocenters. The molecule has 0 nitrogen and oxygen atoms in total. The molecule has 0 heterocycles. The monoisotopic (exact) mass is 244 g/mol. The van der Waals surface area contributed by atoms with Gasteiger partial charge in [-0.3, -0.25) is 0 Å². The lowest BCUT2D eigenvalue weighted by atomic mass is 9.86. The first-order valence-electron chi connectivity index (χ1n) is 7.08. The third-order valence-corrected chi connectivity index (χ3v) is 4.10. The van der Waals surface area contributed by atoms with Gasteiger partial charge >= 0.3 is 0 Å².